The Morgan fingerprint density at radius 2 is 2.03 bits per heavy atom. The largest absolute Gasteiger partial charge is 0.305 e. The third-order valence-corrected chi connectivity index (χ3v) is 7.70. The lowest BCUT2D eigenvalue weighted by atomic mass is 9.98. The van der Waals surface area contributed by atoms with Crippen molar-refractivity contribution in [1.29, 1.82) is 0 Å². The smallest absolute Gasteiger partial charge is 0.191 e. The second-order valence-electron chi connectivity index (χ2n) is 8.62. The van der Waals surface area contributed by atoms with Crippen molar-refractivity contribution in [3.63, 3.8) is 0 Å². The van der Waals surface area contributed by atoms with E-state index in [0.29, 0.717) is 5.56 Å². The molecule has 2 aliphatic rings. The number of rotatable bonds is 7. The number of nitrogens with zero attached hydrogens (tertiary/aromatic N) is 5. The third-order valence-electron chi connectivity index (χ3n) is 6.60. The molecule has 0 radical (unpaired) electrons. The summed E-state index contributed by atoms with van der Waals surface area (Å²) in [7, 11) is 1.98. The second kappa shape index (κ2) is 10.7. The molecule has 1 aliphatic heterocycles. The molecule has 0 N–H and O–H groups in total. The molecule has 2 atom stereocenters. The first-order valence-electron chi connectivity index (χ1n) is 10.7. The summed E-state index contributed by atoms with van der Waals surface area (Å²) in [5, 5.41) is 9.54. The number of aromatic nitrogens is 4. The van der Waals surface area contributed by atoms with Crippen LogP contribution in [0.1, 0.15) is 30.7 Å². The van der Waals surface area contributed by atoms with Crippen molar-refractivity contribution in [1.82, 2.24) is 24.6 Å². The second-order valence-corrected chi connectivity index (χ2v) is 9.68. The molecular weight excluding hydrogens is 487 g/mol. The zero-order chi connectivity index (χ0) is 21.4. The van der Waals surface area contributed by atoms with Gasteiger partial charge in [-0.2, -0.15) is 0 Å². The van der Waals surface area contributed by atoms with E-state index in [1.807, 2.05) is 23.7 Å². The van der Waals surface area contributed by atoms with Crippen LogP contribution in [0.15, 0.2) is 47.9 Å². The average molecular weight is 514 g/mol. The predicted octanol–water partition coefficient (Wildman–Crippen LogP) is 5.36. The summed E-state index contributed by atoms with van der Waals surface area (Å²) in [4.78, 5) is 6.64. The van der Waals surface area contributed by atoms with Crippen LogP contribution in [0, 0.1) is 17.0 Å². The summed E-state index contributed by atoms with van der Waals surface area (Å²) < 4.78 is 29.4. The molecule has 33 heavy (non-hydrogen) atoms. The average Bonchev–Trinajstić information content (AvgIpc) is 3.10. The maximum atomic E-state index is 14.2. The van der Waals surface area contributed by atoms with E-state index < -0.39 is 11.6 Å². The SMILES string of the molecule is Cl.Cl.Cn1c(SCCCN2CC[C@@]3(C[C@H]3c3ccc(F)cc3F)C2)nnc1-c1cccnc1. The first-order chi connectivity index (χ1) is 15.1. The fourth-order valence-corrected chi connectivity index (χ4v) is 5.67. The van der Waals surface area contributed by atoms with Gasteiger partial charge in [0.25, 0.3) is 0 Å². The highest BCUT2D eigenvalue weighted by atomic mass is 35.5. The van der Waals surface area contributed by atoms with Gasteiger partial charge in [-0.15, -0.1) is 35.0 Å². The Kier molecular flexibility index (Phi) is 8.37. The molecule has 1 aromatic carbocycles. The first kappa shape index (κ1) is 25.9. The van der Waals surface area contributed by atoms with Crippen LogP contribution in [0.25, 0.3) is 11.4 Å². The fourth-order valence-electron chi connectivity index (χ4n) is 4.84. The molecule has 0 unspecified atom stereocenters. The Labute approximate surface area is 209 Å². The molecule has 1 saturated heterocycles. The molecule has 0 amide bonds. The number of likely N-dealkylation sites (tertiary alicyclic amines) is 1. The van der Waals surface area contributed by atoms with Gasteiger partial charge in [0.05, 0.1) is 0 Å². The van der Waals surface area contributed by atoms with E-state index >= 15 is 0 Å². The van der Waals surface area contributed by atoms with Crippen LogP contribution in [0.4, 0.5) is 8.78 Å². The van der Waals surface area contributed by atoms with Crippen molar-refractivity contribution in [2.45, 2.75) is 30.3 Å². The van der Waals surface area contributed by atoms with Crippen LogP contribution in [0.5, 0.6) is 0 Å². The molecule has 0 bridgehead atoms. The van der Waals surface area contributed by atoms with E-state index in [2.05, 4.69) is 20.1 Å². The van der Waals surface area contributed by atoms with Crippen LogP contribution >= 0.6 is 36.6 Å². The molecule has 1 spiro atoms. The monoisotopic (exact) mass is 513 g/mol. The lowest BCUT2D eigenvalue weighted by Crippen LogP contribution is -2.23. The molecule has 1 aliphatic carbocycles. The zero-order valence-corrected chi connectivity index (χ0v) is 20.7. The molecule has 2 aromatic heterocycles. The highest BCUT2D eigenvalue weighted by Crippen LogP contribution is 2.64. The minimum Gasteiger partial charge on any atom is -0.305 e. The number of thioether (sulfide) groups is 1. The molecule has 2 fully saturated rings. The predicted molar refractivity (Wildman–Crippen MR) is 131 cm³/mol. The first-order valence-corrected chi connectivity index (χ1v) is 11.6. The summed E-state index contributed by atoms with van der Waals surface area (Å²) in [6.45, 7) is 3.09. The van der Waals surface area contributed by atoms with Crippen LogP contribution in [-0.4, -0.2) is 50.0 Å². The van der Waals surface area contributed by atoms with Gasteiger partial charge in [0, 0.05) is 43.4 Å². The van der Waals surface area contributed by atoms with Crippen LogP contribution < -0.4 is 0 Å². The van der Waals surface area contributed by atoms with Crippen LogP contribution in [-0.2, 0) is 7.05 Å². The number of hydrogen-bond acceptors (Lipinski definition) is 5. The Balaban J connectivity index is 0.00000153. The summed E-state index contributed by atoms with van der Waals surface area (Å²) in [6, 6.07) is 7.90. The molecule has 3 aromatic rings. The summed E-state index contributed by atoms with van der Waals surface area (Å²) in [5.74, 6) is 1.13. The Hall–Kier alpha value is -1.74. The minimum absolute atomic E-state index is 0. The summed E-state index contributed by atoms with van der Waals surface area (Å²) in [5.41, 5.74) is 1.84. The number of hydrogen-bond donors (Lipinski definition) is 0. The lowest BCUT2D eigenvalue weighted by Gasteiger charge is -2.16. The van der Waals surface area contributed by atoms with Gasteiger partial charge in [0.15, 0.2) is 11.0 Å². The number of halogens is 4. The molecule has 1 saturated carbocycles. The van der Waals surface area contributed by atoms with E-state index in [0.717, 1.165) is 67.3 Å². The van der Waals surface area contributed by atoms with Gasteiger partial charge in [-0.05, 0) is 67.4 Å². The van der Waals surface area contributed by atoms with Crippen molar-refractivity contribution in [2.24, 2.45) is 12.5 Å². The van der Waals surface area contributed by atoms with Crippen LogP contribution in [0.2, 0.25) is 0 Å². The number of benzene rings is 1. The van der Waals surface area contributed by atoms with Gasteiger partial charge in [-0.3, -0.25) is 4.98 Å². The quantitative estimate of drug-likeness (QED) is 0.314. The van der Waals surface area contributed by atoms with E-state index in [-0.39, 0.29) is 36.1 Å². The topological polar surface area (TPSA) is 46.8 Å². The van der Waals surface area contributed by atoms with Gasteiger partial charge < -0.3 is 9.47 Å². The zero-order valence-electron chi connectivity index (χ0n) is 18.3. The molecule has 5 nitrogen and oxygen atoms in total. The maximum Gasteiger partial charge on any atom is 0.191 e. The molecule has 3 heterocycles. The summed E-state index contributed by atoms with van der Waals surface area (Å²) >= 11 is 1.72. The van der Waals surface area contributed by atoms with Crippen molar-refractivity contribution in [3.8, 4) is 11.4 Å². The highest BCUT2D eigenvalue weighted by molar-refractivity contribution is 7.99. The third kappa shape index (κ3) is 5.34. The van der Waals surface area contributed by atoms with Crippen molar-refractivity contribution in [2.75, 3.05) is 25.4 Å². The maximum absolute atomic E-state index is 14.2. The molecular formula is C23H27Cl2F2N5S. The van der Waals surface area contributed by atoms with E-state index in [1.165, 1.54) is 6.07 Å². The normalized spacial score (nSPS) is 21.6. The van der Waals surface area contributed by atoms with Gasteiger partial charge in [0.1, 0.15) is 11.6 Å². The molecule has 178 valence electrons. The van der Waals surface area contributed by atoms with Crippen molar-refractivity contribution >= 4 is 36.6 Å². The minimum atomic E-state index is -0.503. The lowest BCUT2D eigenvalue weighted by molar-refractivity contribution is 0.319. The molecule has 10 heteroatoms. The summed E-state index contributed by atoms with van der Waals surface area (Å²) in [6.07, 6.45) is 6.71. The van der Waals surface area contributed by atoms with Crippen LogP contribution in [0.3, 0.4) is 0 Å². The number of pyridine rings is 1. The van der Waals surface area contributed by atoms with Gasteiger partial charge in [-0.25, -0.2) is 8.78 Å². The van der Waals surface area contributed by atoms with Crippen molar-refractivity contribution < 1.29 is 8.78 Å². The van der Waals surface area contributed by atoms with E-state index in [1.54, 1.807) is 30.2 Å². The fraction of sp³-hybridized carbons (Fsp3) is 0.435. The molecule has 5 rings (SSSR count). The van der Waals surface area contributed by atoms with Gasteiger partial charge in [-0.1, -0.05) is 17.8 Å². The van der Waals surface area contributed by atoms with E-state index in [9.17, 15) is 8.78 Å². The Morgan fingerprint density at radius 1 is 1.18 bits per heavy atom. The standard InChI is InChI=1S/C23H25F2N5S.2ClH/c1-29-21(16-4-2-8-26-14-16)27-28-22(29)31-11-3-9-30-10-7-23(15-30)13-19(23)18-6-5-17(24)12-20(18)25;;/h2,4-6,8,12,14,19H,3,7,9-11,13,15H2,1H3;2*1H/t19-,23+;;/m0../s1. The van der Waals surface area contributed by atoms with Gasteiger partial charge in [0.2, 0.25) is 0 Å². The Morgan fingerprint density at radius 3 is 2.79 bits per heavy atom. The highest BCUT2D eigenvalue weighted by Gasteiger charge is 2.58. The van der Waals surface area contributed by atoms with E-state index in [4.69, 9.17) is 0 Å². The Bertz CT molecular complexity index is 1080. The van der Waals surface area contributed by atoms with Gasteiger partial charge >= 0.3 is 0 Å². The van der Waals surface area contributed by atoms with Crippen molar-refractivity contribution in [3.05, 3.63) is 59.9 Å².